The van der Waals surface area contributed by atoms with Gasteiger partial charge in [0, 0.05) is 12.1 Å². The number of nitriles is 1. The van der Waals surface area contributed by atoms with Crippen LogP contribution >= 0.6 is 0 Å². The second kappa shape index (κ2) is 4.54. The topological polar surface area (TPSA) is 63.2 Å². The summed E-state index contributed by atoms with van der Waals surface area (Å²) in [4.78, 5) is 12.0. The molecule has 0 aliphatic rings. The molecular formula is C13H9NO3. The molecule has 0 unspecified atom stereocenters. The van der Waals surface area contributed by atoms with Crippen molar-refractivity contribution in [2.45, 2.75) is 0 Å². The summed E-state index contributed by atoms with van der Waals surface area (Å²) in [6, 6.07) is 6.81. The molecule has 1 heterocycles. The summed E-state index contributed by atoms with van der Waals surface area (Å²) in [5.41, 5.74) is 0.646. The third kappa shape index (κ3) is 2.04. The first-order valence-electron chi connectivity index (χ1n) is 4.92. The van der Waals surface area contributed by atoms with E-state index in [4.69, 9.17) is 14.4 Å². The van der Waals surface area contributed by atoms with Crippen molar-refractivity contribution < 1.29 is 9.15 Å². The highest BCUT2D eigenvalue weighted by molar-refractivity contribution is 5.80. The summed E-state index contributed by atoms with van der Waals surface area (Å²) in [7, 11) is 1.54. The fourth-order valence-electron chi connectivity index (χ4n) is 1.49. The predicted octanol–water partition coefficient (Wildman–Crippen LogP) is 2.34. The fraction of sp³-hybridized carbons (Fsp3) is 0.0769. The summed E-state index contributed by atoms with van der Waals surface area (Å²) < 4.78 is 10.4. The van der Waals surface area contributed by atoms with Crippen molar-refractivity contribution >= 4 is 17.0 Å². The lowest BCUT2D eigenvalue weighted by Crippen LogP contribution is -2.04. The molecule has 2 aromatic rings. The van der Waals surface area contributed by atoms with Gasteiger partial charge in [0.05, 0.1) is 24.1 Å². The minimum absolute atomic E-state index is 0.166. The standard InChI is InChI=1S/C13H9NO3/c1-16-10-4-5-11-12(7-10)17-8-9(13(11)15)3-2-6-14/h2-5,7-8H,1H3/b3-2+. The van der Waals surface area contributed by atoms with Crippen LogP contribution < -0.4 is 10.2 Å². The molecule has 2 rings (SSSR count). The zero-order chi connectivity index (χ0) is 12.3. The number of methoxy groups -OCH3 is 1. The van der Waals surface area contributed by atoms with Gasteiger partial charge in [0.25, 0.3) is 0 Å². The zero-order valence-electron chi connectivity index (χ0n) is 9.14. The van der Waals surface area contributed by atoms with Gasteiger partial charge in [0.1, 0.15) is 17.6 Å². The molecule has 1 aromatic heterocycles. The SMILES string of the molecule is COc1ccc2c(=O)c(/C=C/C#N)coc2c1. The molecule has 4 nitrogen and oxygen atoms in total. The lowest BCUT2D eigenvalue weighted by molar-refractivity contribution is 0.414. The maximum absolute atomic E-state index is 12.0. The molecule has 4 heteroatoms. The second-order valence-electron chi connectivity index (χ2n) is 3.34. The minimum atomic E-state index is -0.166. The largest absolute Gasteiger partial charge is 0.497 e. The van der Waals surface area contributed by atoms with Gasteiger partial charge in [-0.2, -0.15) is 5.26 Å². The molecule has 0 amide bonds. The Labute approximate surface area is 97.4 Å². The van der Waals surface area contributed by atoms with E-state index in [0.717, 1.165) is 0 Å². The van der Waals surface area contributed by atoms with Crippen LogP contribution in [0.2, 0.25) is 0 Å². The minimum Gasteiger partial charge on any atom is -0.497 e. The Bertz CT molecular complexity index is 677. The number of benzene rings is 1. The van der Waals surface area contributed by atoms with Crippen LogP contribution in [0.1, 0.15) is 5.56 Å². The van der Waals surface area contributed by atoms with Crippen molar-refractivity contribution in [2.75, 3.05) is 7.11 Å². The Morgan fingerprint density at radius 1 is 1.47 bits per heavy atom. The van der Waals surface area contributed by atoms with Crippen LogP contribution in [0.3, 0.4) is 0 Å². The Morgan fingerprint density at radius 2 is 2.29 bits per heavy atom. The Hall–Kier alpha value is -2.54. The number of ether oxygens (including phenoxy) is 1. The summed E-state index contributed by atoms with van der Waals surface area (Å²) in [6.07, 6.45) is 4.00. The van der Waals surface area contributed by atoms with E-state index >= 15 is 0 Å². The number of nitrogens with zero attached hydrogens (tertiary/aromatic N) is 1. The number of hydrogen-bond acceptors (Lipinski definition) is 4. The van der Waals surface area contributed by atoms with Gasteiger partial charge >= 0.3 is 0 Å². The molecule has 0 spiro atoms. The first kappa shape index (κ1) is 11.0. The first-order chi connectivity index (χ1) is 8.26. The van der Waals surface area contributed by atoms with Gasteiger partial charge in [-0.15, -0.1) is 0 Å². The van der Waals surface area contributed by atoms with Gasteiger partial charge < -0.3 is 9.15 Å². The average molecular weight is 227 g/mol. The van der Waals surface area contributed by atoms with Crippen LogP contribution in [0, 0.1) is 11.3 Å². The van der Waals surface area contributed by atoms with Gasteiger partial charge in [-0.3, -0.25) is 4.79 Å². The zero-order valence-corrected chi connectivity index (χ0v) is 9.14. The lowest BCUT2D eigenvalue weighted by Gasteiger charge is -2.01. The van der Waals surface area contributed by atoms with Crippen LogP contribution in [0.5, 0.6) is 5.75 Å². The van der Waals surface area contributed by atoms with Crippen LogP contribution in [-0.4, -0.2) is 7.11 Å². The monoisotopic (exact) mass is 227 g/mol. The molecule has 0 atom stereocenters. The molecule has 0 aliphatic heterocycles. The molecule has 0 radical (unpaired) electrons. The molecule has 1 aromatic carbocycles. The third-order valence-electron chi connectivity index (χ3n) is 2.35. The summed E-state index contributed by atoms with van der Waals surface area (Å²) in [6.45, 7) is 0. The van der Waals surface area contributed by atoms with E-state index in [1.54, 1.807) is 25.3 Å². The molecule has 0 fully saturated rings. The van der Waals surface area contributed by atoms with Crippen LogP contribution in [0.4, 0.5) is 0 Å². The predicted molar refractivity (Wildman–Crippen MR) is 63.7 cm³/mol. The highest BCUT2D eigenvalue weighted by Crippen LogP contribution is 2.18. The molecule has 0 N–H and O–H groups in total. The Balaban J connectivity index is 2.65. The van der Waals surface area contributed by atoms with Gasteiger partial charge in [-0.25, -0.2) is 0 Å². The van der Waals surface area contributed by atoms with Crippen molar-refractivity contribution in [3.8, 4) is 11.8 Å². The van der Waals surface area contributed by atoms with Crippen molar-refractivity contribution in [3.63, 3.8) is 0 Å². The van der Waals surface area contributed by atoms with E-state index in [9.17, 15) is 4.79 Å². The molecule has 0 bridgehead atoms. The molecule has 0 saturated carbocycles. The lowest BCUT2D eigenvalue weighted by atomic mass is 10.1. The van der Waals surface area contributed by atoms with Crippen molar-refractivity contribution in [3.05, 3.63) is 46.3 Å². The summed E-state index contributed by atoms with van der Waals surface area (Å²) >= 11 is 0. The van der Waals surface area contributed by atoms with Gasteiger partial charge in [-0.05, 0) is 18.2 Å². The van der Waals surface area contributed by atoms with Crippen molar-refractivity contribution in [1.82, 2.24) is 0 Å². The normalized spacial score (nSPS) is 10.6. The van der Waals surface area contributed by atoms with Crippen LogP contribution in [0.25, 0.3) is 17.0 Å². The Morgan fingerprint density at radius 3 is 3.00 bits per heavy atom. The van der Waals surface area contributed by atoms with Crippen LogP contribution in [-0.2, 0) is 0 Å². The van der Waals surface area contributed by atoms with Gasteiger partial charge in [0.2, 0.25) is 0 Å². The van der Waals surface area contributed by atoms with E-state index in [0.29, 0.717) is 22.3 Å². The van der Waals surface area contributed by atoms with E-state index < -0.39 is 0 Å². The third-order valence-corrected chi connectivity index (χ3v) is 2.35. The van der Waals surface area contributed by atoms with E-state index in [1.807, 2.05) is 6.07 Å². The molecule has 17 heavy (non-hydrogen) atoms. The highest BCUT2D eigenvalue weighted by atomic mass is 16.5. The number of fused-ring (bicyclic) bond motifs is 1. The van der Waals surface area contributed by atoms with E-state index in [1.165, 1.54) is 18.4 Å². The number of allylic oxidation sites excluding steroid dienone is 1. The molecule has 84 valence electrons. The smallest absolute Gasteiger partial charge is 0.199 e. The first-order valence-corrected chi connectivity index (χ1v) is 4.92. The van der Waals surface area contributed by atoms with Crippen molar-refractivity contribution in [1.29, 1.82) is 5.26 Å². The highest BCUT2D eigenvalue weighted by Gasteiger charge is 2.05. The fourth-order valence-corrected chi connectivity index (χ4v) is 1.49. The van der Waals surface area contributed by atoms with Gasteiger partial charge in [0.15, 0.2) is 5.43 Å². The van der Waals surface area contributed by atoms with Crippen molar-refractivity contribution in [2.24, 2.45) is 0 Å². The van der Waals surface area contributed by atoms with Gasteiger partial charge in [-0.1, -0.05) is 0 Å². The summed E-state index contributed by atoms with van der Waals surface area (Å²) in [5, 5.41) is 8.88. The average Bonchev–Trinajstić information content (AvgIpc) is 2.37. The van der Waals surface area contributed by atoms with E-state index in [2.05, 4.69) is 0 Å². The summed E-state index contributed by atoms with van der Waals surface area (Å²) in [5.74, 6) is 0.626. The van der Waals surface area contributed by atoms with E-state index in [-0.39, 0.29) is 5.43 Å². The maximum atomic E-state index is 12.0. The molecular weight excluding hydrogens is 218 g/mol. The maximum Gasteiger partial charge on any atom is 0.199 e. The molecule has 0 aliphatic carbocycles. The Kier molecular flexibility index (Phi) is 2.93. The molecule has 0 saturated heterocycles. The number of hydrogen-bond donors (Lipinski definition) is 0. The second-order valence-corrected chi connectivity index (χ2v) is 3.34. The van der Waals surface area contributed by atoms with Crippen LogP contribution in [0.15, 0.2) is 39.7 Å². The quantitative estimate of drug-likeness (QED) is 0.738. The number of rotatable bonds is 2.